The molecule has 8 nitrogen and oxygen atoms in total. The van der Waals surface area contributed by atoms with Crippen LogP contribution < -0.4 is 10.6 Å². The van der Waals surface area contributed by atoms with E-state index in [4.69, 9.17) is 14.2 Å². The first-order chi connectivity index (χ1) is 19.7. The maximum atomic E-state index is 12.9. The number of alkyl carbamates (subject to hydrolysis) is 2. The number of hydrogen-bond acceptors (Lipinski definition) is 6. The number of carbonyl (C=O) groups is 3. The molecule has 1 unspecified atom stereocenters. The molecule has 1 aliphatic rings. The van der Waals surface area contributed by atoms with Gasteiger partial charge in [0.2, 0.25) is 0 Å². The minimum atomic E-state index is -0.880. The average Bonchev–Trinajstić information content (AvgIpc) is 3.27. The van der Waals surface area contributed by atoms with E-state index in [-0.39, 0.29) is 19.1 Å². The molecule has 0 aromatic heterocycles. The SMILES string of the molecule is CC(C)(C)OC(=O)C(CCCCNC(=O)OCc1ccccc1)NC(=O)OCC1c2ccccc2-c2ccccc21. The third-order valence-corrected chi connectivity index (χ3v) is 6.73. The molecule has 1 atom stereocenters. The fraction of sp³-hybridized carbons (Fsp3) is 0.364. The van der Waals surface area contributed by atoms with Gasteiger partial charge in [-0.05, 0) is 67.9 Å². The van der Waals surface area contributed by atoms with Crippen LogP contribution in [-0.4, -0.2) is 43.0 Å². The van der Waals surface area contributed by atoms with Crippen molar-refractivity contribution in [3.05, 3.63) is 95.6 Å². The molecule has 1 aliphatic carbocycles. The monoisotopic (exact) mass is 558 g/mol. The Bertz CT molecular complexity index is 1290. The van der Waals surface area contributed by atoms with E-state index in [1.807, 2.05) is 54.6 Å². The number of nitrogens with one attached hydrogen (secondary N) is 2. The van der Waals surface area contributed by atoms with Crippen LogP contribution in [0.15, 0.2) is 78.9 Å². The summed E-state index contributed by atoms with van der Waals surface area (Å²) >= 11 is 0. The quantitative estimate of drug-likeness (QED) is 0.162. The number of ether oxygens (including phenoxy) is 3. The van der Waals surface area contributed by atoms with Crippen LogP contribution >= 0.6 is 0 Å². The maximum absolute atomic E-state index is 12.9. The molecule has 0 spiro atoms. The van der Waals surface area contributed by atoms with Gasteiger partial charge in [0.25, 0.3) is 0 Å². The van der Waals surface area contributed by atoms with Gasteiger partial charge in [-0.25, -0.2) is 14.4 Å². The molecule has 0 saturated heterocycles. The molecule has 3 aromatic carbocycles. The van der Waals surface area contributed by atoms with Gasteiger partial charge in [-0.1, -0.05) is 78.9 Å². The van der Waals surface area contributed by atoms with Crippen molar-refractivity contribution < 1.29 is 28.6 Å². The molecule has 2 N–H and O–H groups in total. The van der Waals surface area contributed by atoms with Gasteiger partial charge in [0.15, 0.2) is 0 Å². The van der Waals surface area contributed by atoms with E-state index in [1.54, 1.807) is 20.8 Å². The lowest BCUT2D eigenvalue weighted by atomic mass is 9.98. The van der Waals surface area contributed by atoms with Crippen molar-refractivity contribution in [3.63, 3.8) is 0 Å². The summed E-state index contributed by atoms with van der Waals surface area (Å²) in [6.45, 7) is 6.05. The van der Waals surface area contributed by atoms with E-state index < -0.39 is 29.8 Å². The molecular weight excluding hydrogens is 520 g/mol. The van der Waals surface area contributed by atoms with Crippen LogP contribution in [0.4, 0.5) is 9.59 Å². The molecule has 8 heteroatoms. The highest BCUT2D eigenvalue weighted by Crippen LogP contribution is 2.44. The Morgan fingerprint density at radius 3 is 2.02 bits per heavy atom. The Labute approximate surface area is 241 Å². The minimum Gasteiger partial charge on any atom is -0.458 e. The lowest BCUT2D eigenvalue weighted by molar-refractivity contribution is -0.157. The van der Waals surface area contributed by atoms with E-state index in [1.165, 1.54) is 0 Å². The number of rotatable bonds is 11. The zero-order chi connectivity index (χ0) is 29.2. The lowest BCUT2D eigenvalue weighted by Crippen LogP contribution is -2.44. The van der Waals surface area contributed by atoms with Crippen molar-refractivity contribution in [1.29, 1.82) is 0 Å². The second-order valence-corrected chi connectivity index (χ2v) is 11.0. The Hall–Kier alpha value is -4.33. The third-order valence-electron chi connectivity index (χ3n) is 6.73. The zero-order valence-corrected chi connectivity index (χ0v) is 23.9. The largest absolute Gasteiger partial charge is 0.458 e. The lowest BCUT2D eigenvalue weighted by Gasteiger charge is -2.24. The van der Waals surface area contributed by atoms with Crippen molar-refractivity contribution >= 4 is 18.2 Å². The average molecular weight is 559 g/mol. The zero-order valence-electron chi connectivity index (χ0n) is 23.9. The summed E-state index contributed by atoms with van der Waals surface area (Å²) in [6, 6.07) is 24.8. The first-order valence-electron chi connectivity index (χ1n) is 14.0. The van der Waals surface area contributed by atoms with Gasteiger partial charge in [-0.3, -0.25) is 0 Å². The van der Waals surface area contributed by atoms with Crippen LogP contribution in [0.25, 0.3) is 11.1 Å². The van der Waals surface area contributed by atoms with Gasteiger partial charge in [0, 0.05) is 12.5 Å². The number of fused-ring (bicyclic) bond motifs is 3. The molecule has 0 aliphatic heterocycles. The second-order valence-electron chi connectivity index (χ2n) is 11.0. The highest BCUT2D eigenvalue weighted by atomic mass is 16.6. The van der Waals surface area contributed by atoms with Crippen LogP contribution in [0, 0.1) is 0 Å². The molecule has 0 radical (unpaired) electrons. The maximum Gasteiger partial charge on any atom is 0.407 e. The van der Waals surface area contributed by atoms with Crippen molar-refractivity contribution in [2.75, 3.05) is 13.2 Å². The van der Waals surface area contributed by atoms with E-state index >= 15 is 0 Å². The molecule has 0 bridgehead atoms. The molecule has 4 rings (SSSR count). The number of esters is 1. The Morgan fingerprint density at radius 2 is 1.39 bits per heavy atom. The Morgan fingerprint density at radius 1 is 0.780 bits per heavy atom. The number of benzene rings is 3. The van der Waals surface area contributed by atoms with Crippen molar-refractivity contribution in [1.82, 2.24) is 10.6 Å². The number of unbranched alkanes of at least 4 members (excludes halogenated alkanes) is 1. The standard InChI is InChI=1S/C33H38N2O6/c1-33(2,3)41-30(36)29(19-11-12-20-34-31(37)39-21-23-13-5-4-6-14-23)35-32(38)40-22-28-26-17-9-7-15-24(26)25-16-8-10-18-27(25)28/h4-10,13-18,28-29H,11-12,19-22H2,1-3H3,(H,34,37)(H,35,38). The van der Waals surface area contributed by atoms with Crippen LogP contribution in [0.5, 0.6) is 0 Å². The van der Waals surface area contributed by atoms with E-state index in [9.17, 15) is 14.4 Å². The van der Waals surface area contributed by atoms with Crippen LogP contribution in [-0.2, 0) is 25.6 Å². The minimum absolute atomic E-state index is 0.0825. The summed E-state index contributed by atoms with van der Waals surface area (Å²) in [6.07, 6.45) is 0.304. The van der Waals surface area contributed by atoms with Crippen LogP contribution in [0.3, 0.4) is 0 Å². The first-order valence-corrected chi connectivity index (χ1v) is 14.0. The summed E-state index contributed by atoms with van der Waals surface area (Å²) in [5, 5.41) is 5.42. The summed E-state index contributed by atoms with van der Waals surface area (Å²) in [5.41, 5.74) is 4.70. The van der Waals surface area contributed by atoms with Crippen molar-refractivity contribution in [3.8, 4) is 11.1 Å². The van der Waals surface area contributed by atoms with Crippen LogP contribution in [0.2, 0.25) is 0 Å². The fourth-order valence-corrected chi connectivity index (χ4v) is 4.84. The fourth-order valence-electron chi connectivity index (χ4n) is 4.84. The molecule has 216 valence electrons. The normalized spacial score (nSPS) is 13.0. The number of hydrogen-bond donors (Lipinski definition) is 2. The van der Waals surface area contributed by atoms with Gasteiger partial charge in [-0.15, -0.1) is 0 Å². The van der Waals surface area contributed by atoms with Gasteiger partial charge in [0.1, 0.15) is 24.9 Å². The number of carbonyl (C=O) groups excluding carboxylic acids is 3. The second kappa shape index (κ2) is 13.8. The van der Waals surface area contributed by atoms with Crippen LogP contribution in [0.1, 0.15) is 62.6 Å². The Kier molecular flexibility index (Phi) is 10.0. The van der Waals surface area contributed by atoms with Gasteiger partial charge < -0.3 is 24.8 Å². The van der Waals surface area contributed by atoms with Crippen molar-refractivity contribution in [2.45, 2.75) is 64.2 Å². The molecule has 0 saturated carbocycles. The summed E-state index contributed by atoms with van der Waals surface area (Å²) in [7, 11) is 0. The molecule has 3 aromatic rings. The molecule has 0 heterocycles. The van der Waals surface area contributed by atoms with E-state index in [2.05, 4.69) is 34.9 Å². The third kappa shape index (κ3) is 8.58. The highest BCUT2D eigenvalue weighted by molar-refractivity contribution is 5.82. The summed E-state index contributed by atoms with van der Waals surface area (Å²) < 4.78 is 16.4. The van der Waals surface area contributed by atoms with E-state index in [0.717, 1.165) is 27.8 Å². The smallest absolute Gasteiger partial charge is 0.407 e. The Balaban J connectivity index is 1.26. The molecule has 0 fully saturated rings. The first kappa shape index (κ1) is 29.6. The van der Waals surface area contributed by atoms with Gasteiger partial charge in [-0.2, -0.15) is 0 Å². The number of amides is 2. The van der Waals surface area contributed by atoms with Gasteiger partial charge in [0.05, 0.1) is 0 Å². The molecule has 41 heavy (non-hydrogen) atoms. The van der Waals surface area contributed by atoms with E-state index in [0.29, 0.717) is 25.8 Å². The van der Waals surface area contributed by atoms with Crippen molar-refractivity contribution in [2.24, 2.45) is 0 Å². The molecular formula is C33H38N2O6. The summed E-state index contributed by atoms with van der Waals surface area (Å²) in [4.78, 5) is 37.7. The highest BCUT2D eigenvalue weighted by Gasteiger charge is 2.31. The van der Waals surface area contributed by atoms with Gasteiger partial charge >= 0.3 is 18.2 Å². The summed E-state index contributed by atoms with van der Waals surface area (Å²) in [5.74, 6) is -0.609. The predicted octanol–water partition coefficient (Wildman–Crippen LogP) is 6.33. The predicted molar refractivity (Wildman–Crippen MR) is 156 cm³/mol. The topological polar surface area (TPSA) is 103 Å². The molecule has 2 amide bonds.